The van der Waals surface area contributed by atoms with Crippen molar-refractivity contribution in [3.63, 3.8) is 0 Å². The number of benzene rings is 1. The maximum atomic E-state index is 11.8. The van der Waals surface area contributed by atoms with Crippen molar-refractivity contribution >= 4 is 5.97 Å². The number of hydrogen-bond acceptors (Lipinski definition) is 2. The van der Waals surface area contributed by atoms with Crippen LogP contribution in [0.2, 0.25) is 0 Å². The number of carboxylic acids is 1. The second-order valence-corrected chi connectivity index (χ2v) is 6.16. The lowest BCUT2D eigenvalue weighted by atomic mass is 9.67. The van der Waals surface area contributed by atoms with Crippen LogP contribution >= 0.6 is 0 Å². The van der Waals surface area contributed by atoms with Gasteiger partial charge in [0.2, 0.25) is 0 Å². The quantitative estimate of drug-likeness (QED) is 0.854. The number of phenols is 1. The van der Waals surface area contributed by atoms with Crippen LogP contribution in [0.25, 0.3) is 0 Å². The summed E-state index contributed by atoms with van der Waals surface area (Å²) in [7, 11) is 0. The Balaban J connectivity index is 2.08. The predicted molar refractivity (Wildman–Crippen MR) is 78.7 cm³/mol. The summed E-state index contributed by atoms with van der Waals surface area (Å²) in [4.78, 5) is 11.8. The molecule has 2 rings (SSSR count). The van der Waals surface area contributed by atoms with Crippen molar-refractivity contribution in [1.82, 2.24) is 0 Å². The highest BCUT2D eigenvalue weighted by atomic mass is 16.4. The first kappa shape index (κ1) is 14.9. The number of carboxylic acid groups (broad SMARTS) is 1. The first-order valence-electron chi connectivity index (χ1n) is 7.57. The minimum atomic E-state index is -0.666. The van der Waals surface area contributed by atoms with Gasteiger partial charge in [-0.05, 0) is 55.7 Å². The van der Waals surface area contributed by atoms with Crippen LogP contribution in [0.5, 0.6) is 5.75 Å². The highest BCUT2D eigenvalue weighted by molar-refractivity contribution is 5.75. The number of hydrogen-bond donors (Lipinski definition) is 2. The van der Waals surface area contributed by atoms with Gasteiger partial charge in [-0.2, -0.15) is 0 Å². The van der Waals surface area contributed by atoms with E-state index in [2.05, 4.69) is 6.92 Å². The zero-order valence-corrected chi connectivity index (χ0v) is 12.1. The summed E-state index contributed by atoms with van der Waals surface area (Å²) < 4.78 is 0. The molecule has 0 radical (unpaired) electrons. The molecule has 1 aromatic carbocycles. The summed E-state index contributed by atoms with van der Waals surface area (Å²) in [6.45, 7) is 2.19. The monoisotopic (exact) mass is 276 g/mol. The molecule has 1 aliphatic carbocycles. The van der Waals surface area contributed by atoms with E-state index in [4.69, 9.17) is 0 Å². The lowest BCUT2D eigenvalue weighted by Gasteiger charge is -2.37. The molecule has 0 aromatic heterocycles. The average molecular weight is 276 g/mol. The number of rotatable bonds is 5. The van der Waals surface area contributed by atoms with Gasteiger partial charge >= 0.3 is 5.97 Å². The van der Waals surface area contributed by atoms with Crippen LogP contribution in [0.3, 0.4) is 0 Å². The normalized spacial score (nSPS) is 26.4. The topological polar surface area (TPSA) is 57.5 Å². The molecule has 0 atom stereocenters. The van der Waals surface area contributed by atoms with E-state index in [-0.39, 0.29) is 5.75 Å². The second kappa shape index (κ2) is 6.29. The van der Waals surface area contributed by atoms with Crippen LogP contribution in [0.4, 0.5) is 0 Å². The highest BCUT2D eigenvalue weighted by Gasteiger charge is 2.41. The van der Waals surface area contributed by atoms with Crippen molar-refractivity contribution < 1.29 is 15.0 Å². The molecule has 110 valence electrons. The van der Waals surface area contributed by atoms with Crippen molar-refractivity contribution in [2.45, 2.75) is 51.9 Å². The molecule has 0 aliphatic heterocycles. The minimum absolute atomic E-state index is 0.227. The van der Waals surface area contributed by atoms with Crippen LogP contribution in [-0.4, -0.2) is 16.2 Å². The van der Waals surface area contributed by atoms with Crippen LogP contribution in [0.1, 0.15) is 51.0 Å². The Hall–Kier alpha value is -1.51. The molecule has 0 unspecified atom stereocenters. The maximum Gasteiger partial charge on any atom is 0.309 e. The van der Waals surface area contributed by atoms with E-state index in [0.29, 0.717) is 12.3 Å². The van der Waals surface area contributed by atoms with Crippen LogP contribution < -0.4 is 0 Å². The fraction of sp³-hybridized carbons (Fsp3) is 0.588. The number of aromatic hydroxyl groups is 1. The van der Waals surface area contributed by atoms with Crippen LogP contribution in [0.15, 0.2) is 24.3 Å². The fourth-order valence-electron chi connectivity index (χ4n) is 3.40. The Morgan fingerprint density at radius 1 is 1.25 bits per heavy atom. The van der Waals surface area contributed by atoms with Gasteiger partial charge in [-0.25, -0.2) is 0 Å². The standard InChI is InChI=1S/C17H24O3/c1-2-3-13-8-10-17(11-9-13,16(19)20)12-14-4-6-15(18)7-5-14/h4-7,13,18H,2-3,8-12H2,1H3,(H,19,20). The van der Waals surface area contributed by atoms with Gasteiger partial charge in [0.1, 0.15) is 5.75 Å². The SMILES string of the molecule is CCCC1CCC(Cc2ccc(O)cc2)(C(=O)O)CC1. The van der Waals surface area contributed by atoms with Crippen molar-refractivity contribution in [1.29, 1.82) is 0 Å². The molecule has 0 heterocycles. The van der Waals surface area contributed by atoms with Gasteiger partial charge in [0.15, 0.2) is 0 Å². The third-order valence-corrected chi connectivity index (χ3v) is 4.69. The Labute approximate surface area is 120 Å². The molecule has 1 aromatic rings. The number of carbonyl (C=O) groups is 1. The van der Waals surface area contributed by atoms with Crippen molar-refractivity contribution in [2.24, 2.45) is 11.3 Å². The molecule has 3 nitrogen and oxygen atoms in total. The third kappa shape index (κ3) is 3.33. The summed E-state index contributed by atoms with van der Waals surface area (Å²) in [6.07, 6.45) is 6.57. The van der Waals surface area contributed by atoms with Crippen molar-refractivity contribution in [3.8, 4) is 5.75 Å². The molecular weight excluding hydrogens is 252 g/mol. The third-order valence-electron chi connectivity index (χ3n) is 4.69. The summed E-state index contributed by atoms with van der Waals surface area (Å²) >= 11 is 0. The lowest BCUT2D eigenvalue weighted by molar-refractivity contribution is -0.151. The van der Waals surface area contributed by atoms with E-state index in [1.807, 2.05) is 12.1 Å². The largest absolute Gasteiger partial charge is 0.508 e. The van der Waals surface area contributed by atoms with Crippen LogP contribution in [0, 0.1) is 11.3 Å². The van der Waals surface area contributed by atoms with Gasteiger partial charge in [-0.3, -0.25) is 4.79 Å². The predicted octanol–water partition coefficient (Wildman–Crippen LogP) is 4.00. The fourth-order valence-corrected chi connectivity index (χ4v) is 3.40. The highest BCUT2D eigenvalue weighted by Crippen LogP contribution is 2.43. The summed E-state index contributed by atoms with van der Waals surface area (Å²) in [5, 5.41) is 19.0. The molecular formula is C17H24O3. The molecule has 1 aliphatic rings. The molecule has 1 saturated carbocycles. The first-order chi connectivity index (χ1) is 9.55. The minimum Gasteiger partial charge on any atom is -0.508 e. The first-order valence-corrected chi connectivity index (χ1v) is 7.57. The zero-order chi connectivity index (χ0) is 14.6. The van der Waals surface area contributed by atoms with E-state index in [0.717, 1.165) is 31.2 Å². The Bertz CT molecular complexity index is 442. The smallest absolute Gasteiger partial charge is 0.309 e. The van der Waals surface area contributed by atoms with Gasteiger partial charge in [0.05, 0.1) is 5.41 Å². The molecule has 0 saturated heterocycles. The van der Waals surface area contributed by atoms with Crippen molar-refractivity contribution in [3.05, 3.63) is 29.8 Å². The lowest BCUT2D eigenvalue weighted by Crippen LogP contribution is -2.37. The summed E-state index contributed by atoms with van der Waals surface area (Å²) in [6, 6.07) is 6.93. The van der Waals surface area contributed by atoms with Gasteiger partial charge in [-0.15, -0.1) is 0 Å². The number of phenolic OH excluding ortho intramolecular Hbond substituents is 1. The average Bonchev–Trinajstić information content (AvgIpc) is 2.44. The van der Waals surface area contributed by atoms with Gasteiger partial charge < -0.3 is 10.2 Å². The maximum absolute atomic E-state index is 11.8. The Kier molecular flexibility index (Phi) is 4.69. The molecule has 20 heavy (non-hydrogen) atoms. The van der Waals surface area contributed by atoms with E-state index in [9.17, 15) is 15.0 Å². The second-order valence-electron chi connectivity index (χ2n) is 6.16. The van der Waals surface area contributed by atoms with Gasteiger partial charge in [-0.1, -0.05) is 31.9 Å². The van der Waals surface area contributed by atoms with E-state index >= 15 is 0 Å². The molecule has 0 bridgehead atoms. The van der Waals surface area contributed by atoms with Crippen molar-refractivity contribution in [2.75, 3.05) is 0 Å². The molecule has 2 N–H and O–H groups in total. The molecule has 0 spiro atoms. The summed E-state index contributed by atoms with van der Waals surface area (Å²) in [5.41, 5.74) is 0.389. The van der Waals surface area contributed by atoms with Crippen LogP contribution in [-0.2, 0) is 11.2 Å². The molecule has 1 fully saturated rings. The van der Waals surface area contributed by atoms with E-state index in [1.165, 1.54) is 12.8 Å². The Morgan fingerprint density at radius 2 is 1.85 bits per heavy atom. The molecule has 0 amide bonds. The summed E-state index contributed by atoms with van der Waals surface area (Å²) in [5.74, 6) is 0.262. The number of aliphatic carboxylic acids is 1. The van der Waals surface area contributed by atoms with Gasteiger partial charge in [0, 0.05) is 0 Å². The van der Waals surface area contributed by atoms with E-state index < -0.39 is 11.4 Å². The molecule has 3 heteroatoms. The zero-order valence-electron chi connectivity index (χ0n) is 12.1. The van der Waals surface area contributed by atoms with Gasteiger partial charge in [0.25, 0.3) is 0 Å². The Morgan fingerprint density at radius 3 is 2.35 bits per heavy atom. The van der Waals surface area contributed by atoms with E-state index in [1.54, 1.807) is 12.1 Å².